The summed E-state index contributed by atoms with van der Waals surface area (Å²) in [6.45, 7) is 8.22. The predicted octanol–water partition coefficient (Wildman–Crippen LogP) is 2.66. The van der Waals surface area contributed by atoms with Gasteiger partial charge in [0.2, 0.25) is 11.8 Å². The van der Waals surface area contributed by atoms with Gasteiger partial charge in [-0.1, -0.05) is 19.3 Å². The maximum atomic E-state index is 12.1. The standard InChI is InChI=1S/C18H31N5O2.HI/c1-4-19-18(22-12-16-23-13(2)14(3)25-16)21-11-10-20-17(24)15-8-6-5-7-9-15;/h15H,4-12H2,1-3H3,(H,20,24)(H2,19,21,22);1H. The number of aryl methyl sites for hydroxylation is 2. The van der Waals surface area contributed by atoms with Gasteiger partial charge in [0.15, 0.2) is 5.96 Å². The molecule has 0 bridgehead atoms. The van der Waals surface area contributed by atoms with Crippen LogP contribution >= 0.6 is 24.0 Å². The van der Waals surface area contributed by atoms with Gasteiger partial charge in [-0.15, -0.1) is 24.0 Å². The first-order valence-corrected chi connectivity index (χ1v) is 9.33. The van der Waals surface area contributed by atoms with Gasteiger partial charge >= 0.3 is 0 Å². The van der Waals surface area contributed by atoms with Gasteiger partial charge in [0, 0.05) is 25.6 Å². The number of aromatic nitrogens is 1. The lowest BCUT2D eigenvalue weighted by atomic mass is 9.89. The molecule has 0 aliphatic heterocycles. The number of hydrogen-bond donors (Lipinski definition) is 3. The predicted molar refractivity (Wildman–Crippen MR) is 114 cm³/mol. The van der Waals surface area contributed by atoms with E-state index in [9.17, 15) is 4.79 Å². The number of rotatable bonds is 7. The number of amides is 1. The molecule has 3 N–H and O–H groups in total. The zero-order valence-electron chi connectivity index (χ0n) is 16.1. The van der Waals surface area contributed by atoms with Gasteiger partial charge in [-0.05, 0) is 33.6 Å². The molecule has 2 rings (SSSR count). The van der Waals surface area contributed by atoms with E-state index in [4.69, 9.17) is 4.42 Å². The van der Waals surface area contributed by atoms with Crippen LogP contribution in [0.1, 0.15) is 56.4 Å². The number of carbonyl (C=O) groups is 1. The molecule has 0 saturated heterocycles. The first kappa shape index (κ1) is 22.7. The zero-order valence-corrected chi connectivity index (χ0v) is 18.4. The fourth-order valence-electron chi connectivity index (χ4n) is 2.97. The largest absolute Gasteiger partial charge is 0.444 e. The van der Waals surface area contributed by atoms with E-state index in [0.29, 0.717) is 31.5 Å². The first-order valence-electron chi connectivity index (χ1n) is 9.33. The highest BCUT2D eigenvalue weighted by molar-refractivity contribution is 14.0. The van der Waals surface area contributed by atoms with E-state index in [1.807, 2.05) is 20.8 Å². The van der Waals surface area contributed by atoms with Crippen LogP contribution in [-0.4, -0.2) is 36.5 Å². The molecule has 1 aromatic heterocycles. The summed E-state index contributed by atoms with van der Waals surface area (Å²) < 4.78 is 5.54. The maximum absolute atomic E-state index is 12.1. The second-order valence-corrected chi connectivity index (χ2v) is 6.50. The van der Waals surface area contributed by atoms with E-state index in [1.165, 1.54) is 19.3 Å². The summed E-state index contributed by atoms with van der Waals surface area (Å²) in [6, 6.07) is 0. The average molecular weight is 477 g/mol. The van der Waals surface area contributed by atoms with Crippen molar-refractivity contribution >= 4 is 35.8 Å². The SMILES string of the molecule is CCNC(=NCc1nc(C)c(C)o1)NCCNC(=O)C1CCCCC1.I. The van der Waals surface area contributed by atoms with E-state index in [2.05, 4.69) is 25.9 Å². The number of oxazole rings is 1. The quantitative estimate of drug-likeness (QED) is 0.243. The monoisotopic (exact) mass is 477 g/mol. The molecule has 8 heteroatoms. The highest BCUT2D eigenvalue weighted by atomic mass is 127. The van der Waals surface area contributed by atoms with Crippen molar-refractivity contribution in [3.63, 3.8) is 0 Å². The van der Waals surface area contributed by atoms with Crippen LogP contribution in [-0.2, 0) is 11.3 Å². The Morgan fingerprint density at radius 2 is 1.85 bits per heavy atom. The first-order chi connectivity index (χ1) is 12.1. The fourth-order valence-corrected chi connectivity index (χ4v) is 2.97. The molecular formula is C18H32IN5O2. The molecule has 1 amide bonds. The van der Waals surface area contributed by atoms with E-state index in [0.717, 1.165) is 30.8 Å². The third-order valence-electron chi connectivity index (χ3n) is 4.48. The molecule has 1 aromatic rings. The Kier molecular flexibility index (Phi) is 10.6. The lowest BCUT2D eigenvalue weighted by Gasteiger charge is -2.20. The third-order valence-corrected chi connectivity index (χ3v) is 4.48. The summed E-state index contributed by atoms with van der Waals surface area (Å²) in [5.41, 5.74) is 0.897. The Labute approximate surface area is 173 Å². The van der Waals surface area contributed by atoms with Gasteiger partial charge in [-0.3, -0.25) is 4.79 Å². The van der Waals surface area contributed by atoms with Crippen molar-refractivity contribution in [3.05, 3.63) is 17.3 Å². The minimum Gasteiger partial charge on any atom is -0.444 e. The number of aliphatic imine (C=N–C) groups is 1. The summed E-state index contributed by atoms with van der Waals surface area (Å²) >= 11 is 0. The second-order valence-electron chi connectivity index (χ2n) is 6.50. The molecule has 0 unspecified atom stereocenters. The molecule has 148 valence electrons. The Morgan fingerprint density at radius 3 is 2.46 bits per heavy atom. The van der Waals surface area contributed by atoms with Gasteiger partial charge in [-0.2, -0.15) is 0 Å². The summed E-state index contributed by atoms with van der Waals surface area (Å²) in [7, 11) is 0. The third kappa shape index (κ3) is 7.51. The number of guanidine groups is 1. The summed E-state index contributed by atoms with van der Waals surface area (Å²) in [5.74, 6) is 2.52. The van der Waals surface area contributed by atoms with Crippen molar-refractivity contribution in [2.45, 2.75) is 59.4 Å². The Balaban J connectivity index is 0.00000338. The van der Waals surface area contributed by atoms with Crippen LogP contribution in [0.2, 0.25) is 0 Å². The minimum absolute atomic E-state index is 0. The van der Waals surface area contributed by atoms with Crippen molar-refractivity contribution in [2.24, 2.45) is 10.9 Å². The van der Waals surface area contributed by atoms with Crippen molar-refractivity contribution in [1.29, 1.82) is 0 Å². The van der Waals surface area contributed by atoms with Gasteiger partial charge in [0.25, 0.3) is 0 Å². The zero-order chi connectivity index (χ0) is 18.1. The van der Waals surface area contributed by atoms with Crippen molar-refractivity contribution < 1.29 is 9.21 Å². The number of hydrogen-bond acceptors (Lipinski definition) is 4. The lowest BCUT2D eigenvalue weighted by molar-refractivity contribution is -0.125. The normalized spacial score (nSPS) is 15.3. The fraction of sp³-hybridized carbons (Fsp3) is 0.722. The molecular weight excluding hydrogens is 445 g/mol. The molecule has 7 nitrogen and oxygen atoms in total. The van der Waals surface area contributed by atoms with Crippen LogP contribution in [0.5, 0.6) is 0 Å². The van der Waals surface area contributed by atoms with E-state index in [1.54, 1.807) is 0 Å². The highest BCUT2D eigenvalue weighted by Gasteiger charge is 2.20. The smallest absolute Gasteiger partial charge is 0.223 e. The summed E-state index contributed by atoms with van der Waals surface area (Å²) in [5, 5.41) is 9.43. The van der Waals surface area contributed by atoms with Crippen molar-refractivity contribution in [2.75, 3.05) is 19.6 Å². The minimum atomic E-state index is 0. The Bertz CT molecular complexity index is 563. The lowest BCUT2D eigenvalue weighted by Crippen LogP contribution is -2.42. The van der Waals surface area contributed by atoms with Crippen LogP contribution in [0.15, 0.2) is 9.41 Å². The van der Waals surface area contributed by atoms with Gasteiger partial charge in [0.05, 0.1) is 5.69 Å². The number of carbonyl (C=O) groups excluding carboxylic acids is 1. The molecule has 1 saturated carbocycles. The van der Waals surface area contributed by atoms with Gasteiger partial charge < -0.3 is 20.4 Å². The van der Waals surface area contributed by atoms with E-state index >= 15 is 0 Å². The molecule has 0 aromatic carbocycles. The van der Waals surface area contributed by atoms with E-state index in [-0.39, 0.29) is 35.8 Å². The van der Waals surface area contributed by atoms with Crippen LogP contribution < -0.4 is 16.0 Å². The molecule has 0 atom stereocenters. The van der Waals surface area contributed by atoms with Gasteiger partial charge in [-0.25, -0.2) is 9.98 Å². The molecule has 1 aliphatic rings. The van der Waals surface area contributed by atoms with Crippen LogP contribution in [0, 0.1) is 19.8 Å². The van der Waals surface area contributed by atoms with Crippen molar-refractivity contribution in [1.82, 2.24) is 20.9 Å². The topological polar surface area (TPSA) is 91.6 Å². The van der Waals surface area contributed by atoms with Crippen LogP contribution in [0.25, 0.3) is 0 Å². The Hall–Kier alpha value is -1.32. The molecule has 1 heterocycles. The molecule has 26 heavy (non-hydrogen) atoms. The molecule has 1 fully saturated rings. The molecule has 1 aliphatic carbocycles. The number of nitrogens with zero attached hydrogens (tertiary/aromatic N) is 2. The van der Waals surface area contributed by atoms with Gasteiger partial charge in [0.1, 0.15) is 12.3 Å². The molecule has 0 spiro atoms. The van der Waals surface area contributed by atoms with Crippen LogP contribution in [0.4, 0.5) is 0 Å². The number of nitrogens with one attached hydrogen (secondary N) is 3. The molecule has 0 radical (unpaired) electrons. The van der Waals surface area contributed by atoms with Crippen molar-refractivity contribution in [3.8, 4) is 0 Å². The van der Waals surface area contributed by atoms with Crippen LogP contribution in [0.3, 0.4) is 0 Å². The Morgan fingerprint density at radius 1 is 1.15 bits per heavy atom. The second kappa shape index (κ2) is 12.1. The number of halogens is 1. The maximum Gasteiger partial charge on any atom is 0.223 e. The highest BCUT2D eigenvalue weighted by Crippen LogP contribution is 2.23. The van der Waals surface area contributed by atoms with E-state index < -0.39 is 0 Å². The summed E-state index contributed by atoms with van der Waals surface area (Å²) in [6.07, 6.45) is 5.66. The summed E-state index contributed by atoms with van der Waals surface area (Å²) in [4.78, 5) is 20.9. The average Bonchev–Trinajstić information content (AvgIpc) is 2.95.